The van der Waals surface area contributed by atoms with Gasteiger partial charge in [-0.2, -0.15) is 0 Å². The monoisotopic (exact) mass is 268 g/mol. The molecule has 0 spiro atoms. The van der Waals surface area contributed by atoms with Crippen LogP contribution in [0, 0.1) is 13.8 Å². The summed E-state index contributed by atoms with van der Waals surface area (Å²) in [5.74, 6) is 0.00473. The molecule has 104 valence electrons. The highest BCUT2D eigenvalue weighted by molar-refractivity contribution is 6.10. The molecule has 0 saturated carbocycles. The van der Waals surface area contributed by atoms with Crippen LogP contribution in [-0.4, -0.2) is 19.9 Å². The van der Waals surface area contributed by atoms with Crippen LogP contribution in [-0.2, 0) is 0 Å². The average Bonchev–Trinajstić information content (AvgIpc) is 2.40. The van der Waals surface area contributed by atoms with E-state index in [1.54, 1.807) is 6.07 Å². The summed E-state index contributed by atoms with van der Waals surface area (Å²) in [6.45, 7) is 4.04. The molecule has 0 aromatic heterocycles. The fourth-order valence-corrected chi connectivity index (χ4v) is 2.15. The molecule has 0 aliphatic heterocycles. The second-order valence-corrected chi connectivity index (χ2v) is 5.30. The van der Waals surface area contributed by atoms with Crippen molar-refractivity contribution in [1.29, 1.82) is 0 Å². The van der Waals surface area contributed by atoms with Crippen LogP contribution in [0.2, 0.25) is 0 Å². The lowest BCUT2D eigenvalue weighted by molar-refractivity contribution is 0.103. The molecule has 0 unspecified atom stereocenters. The lowest BCUT2D eigenvalue weighted by Gasteiger charge is -2.15. The standard InChI is InChI=1S/C17H20N2O/c1-11-5-6-13(9-12(11)2)17(20)14-7-8-16(19(3)4)15(18)10-14/h5-10H,18H2,1-4H3. The van der Waals surface area contributed by atoms with Gasteiger partial charge in [-0.3, -0.25) is 4.79 Å². The maximum atomic E-state index is 12.5. The van der Waals surface area contributed by atoms with E-state index in [0.29, 0.717) is 16.8 Å². The van der Waals surface area contributed by atoms with Crippen LogP contribution >= 0.6 is 0 Å². The molecule has 3 nitrogen and oxygen atoms in total. The highest BCUT2D eigenvalue weighted by Crippen LogP contribution is 2.24. The van der Waals surface area contributed by atoms with Crippen LogP contribution < -0.4 is 10.6 Å². The van der Waals surface area contributed by atoms with Crippen molar-refractivity contribution in [2.45, 2.75) is 13.8 Å². The Morgan fingerprint density at radius 1 is 0.950 bits per heavy atom. The molecule has 0 amide bonds. The zero-order chi connectivity index (χ0) is 14.9. The van der Waals surface area contributed by atoms with E-state index < -0.39 is 0 Å². The van der Waals surface area contributed by atoms with Crippen molar-refractivity contribution in [3.05, 3.63) is 58.7 Å². The van der Waals surface area contributed by atoms with Crippen LogP contribution in [0.3, 0.4) is 0 Å². The third-order valence-corrected chi connectivity index (χ3v) is 3.54. The van der Waals surface area contributed by atoms with Crippen molar-refractivity contribution in [3.63, 3.8) is 0 Å². The van der Waals surface area contributed by atoms with Gasteiger partial charge in [-0.15, -0.1) is 0 Å². The van der Waals surface area contributed by atoms with E-state index in [0.717, 1.165) is 11.3 Å². The first kappa shape index (κ1) is 14.1. The summed E-state index contributed by atoms with van der Waals surface area (Å²) in [6, 6.07) is 11.2. The van der Waals surface area contributed by atoms with Crippen molar-refractivity contribution in [3.8, 4) is 0 Å². The van der Waals surface area contributed by atoms with Crippen LogP contribution in [0.1, 0.15) is 27.0 Å². The third-order valence-electron chi connectivity index (χ3n) is 3.54. The molecule has 0 aliphatic rings. The lowest BCUT2D eigenvalue weighted by Crippen LogP contribution is -2.12. The third kappa shape index (κ3) is 2.67. The number of benzene rings is 2. The fraction of sp³-hybridized carbons (Fsp3) is 0.235. The van der Waals surface area contributed by atoms with Crippen molar-refractivity contribution >= 4 is 17.2 Å². The molecule has 0 heterocycles. The molecule has 2 rings (SSSR count). The summed E-state index contributed by atoms with van der Waals surface area (Å²) in [6.07, 6.45) is 0. The first-order valence-corrected chi connectivity index (χ1v) is 6.59. The Labute approximate surface area is 120 Å². The minimum atomic E-state index is 0.00473. The molecule has 0 radical (unpaired) electrons. The molecule has 0 aliphatic carbocycles. The molecule has 3 heteroatoms. The summed E-state index contributed by atoms with van der Waals surface area (Å²) < 4.78 is 0. The van der Waals surface area contributed by atoms with E-state index >= 15 is 0 Å². The van der Waals surface area contributed by atoms with Crippen molar-refractivity contribution < 1.29 is 4.79 Å². The van der Waals surface area contributed by atoms with Gasteiger partial charge in [0.2, 0.25) is 0 Å². The summed E-state index contributed by atoms with van der Waals surface area (Å²) >= 11 is 0. The van der Waals surface area contributed by atoms with Gasteiger partial charge in [-0.05, 0) is 49.2 Å². The fourth-order valence-electron chi connectivity index (χ4n) is 2.15. The zero-order valence-corrected chi connectivity index (χ0v) is 12.4. The highest BCUT2D eigenvalue weighted by Gasteiger charge is 2.12. The van der Waals surface area contributed by atoms with E-state index in [1.807, 2.05) is 63.2 Å². The van der Waals surface area contributed by atoms with E-state index in [-0.39, 0.29) is 5.78 Å². The Balaban J connectivity index is 2.38. The maximum absolute atomic E-state index is 12.5. The number of hydrogen-bond acceptors (Lipinski definition) is 3. The van der Waals surface area contributed by atoms with Gasteiger partial charge >= 0.3 is 0 Å². The SMILES string of the molecule is Cc1ccc(C(=O)c2ccc(N(C)C)c(N)c2)cc1C. The molecular formula is C17H20N2O. The van der Waals surface area contributed by atoms with Gasteiger partial charge < -0.3 is 10.6 Å². The second kappa shape index (κ2) is 5.37. The maximum Gasteiger partial charge on any atom is 0.193 e. The number of ketones is 1. The lowest BCUT2D eigenvalue weighted by atomic mass is 9.98. The number of nitrogens with zero attached hydrogens (tertiary/aromatic N) is 1. The van der Waals surface area contributed by atoms with Gasteiger partial charge in [0.15, 0.2) is 5.78 Å². The first-order valence-electron chi connectivity index (χ1n) is 6.59. The van der Waals surface area contributed by atoms with Gasteiger partial charge in [0, 0.05) is 25.2 Å². The number of nitrogens with two attached hydrogens (primary N) is 1. The van der Waals surface area contributed by atoms with Crippen molar-refractivity contribution in [2.75, 3.05) is 24.7 Å². The molecule has 0 bridgehead atoms. The molecule has 0 atom stereocenters. The van der Waals surface area contributed by atoms with Crippen LogP contribution in [0.15, 0.2) is 36.4 Å². The Bertz CT molecular complexity index is 660. The average molecular weight is 268 g/mol. The number of carbonyl (C=O) groups excluding carboxylic acids is 1. The number of rotatable bonds is 3. The predicted octanol–water partition coefficient (Wildman–Crippen LogP) is 3.18. The minimum absolute atomic E-state index is 0.00473. The predicted molar refractivity (Wildman–Crippen MR) is 84.5 cm³/mol. The normalized spacial score (nSPS) is 10.4. The van der Waals surface area contributed by atoms with E-state index in [1.165, 1.54) is 5.56 Å². The van der Waals surface area contributed by atoms with E-state index in [9.17, 15) is 4.79 Å². The molecule has 20 heavy (non-hydrogen) atoms. The van der Waals surface area contributed by atoms with E-state index in [2.05, 4.69) is 0 Å². The Morgan fingerprint density at radius 2 is 1.55 bits per heavy atom. The molecular weight excluding hydrogens is 248 g/mol. The zero-order valence-electron chi connectivity index (χ0n) is 12.4. The summed E-state index contributed by atoms with van der Waals surface area (Å²) in [7, 11) is 3.85. The molecule has 0 fully saturated rings. The molecule has 0 saturated heterocycles. The number of anilines is 2. The minimum Gasteiger partial charge on any atom is -0.397 e. The quantitative estimate of drug-likeness (QED) is 0.687. The molecule has 2 N–H and O–H groups in total. The Hall–Kier alpha value is -2.29. The number of hydrogen-bond donors (Lipinski definition) is 1. The summed E-state index contributed by atoms with van der Waals surface area (Å²) in [5, 5.41) is 0. The number of carbonyl (C=O) groups is 1. The topological polar surface area (TPSA) is 46.3 Å². The summed E-state index contributed by atoms with van der Waals surface area (Å²) in [5.41, 5.74) is 11.2. The number of nitrogen functional groups attached to an aromatic ring is 1. The largest absolute Gasteiger partial charge is 0.397 e. The van der Waals surface area contributed by atoms with Crippen LogP contribution in [0.5, 0.6) is 0 Å². The summed E-state index contributed by atoms with van der Waals surface area (Å²) in [4.78, 5) is 14.4. The first-order chi connectivity index (χ1) is 9.40. The molecule has 2 aromatic carbocycles. The van der Waals surface area contributed by atoms with Crippen LogP contribution in [0.4, 0.5) is 11.4 Å². The second-order valence-electron chi connectivity index (χ2n) is 5.30. The Kier molecular flexibility index (Phi) is 3.79. The highest BCUT2D eigenvalue weighted by atomic mass is 16.1. The van der Waals surface area contributed by atoms with Gasteiger partial charge in [0.05, 0.1) is 11.4 Å². The van der Waals surface area contributed by atoms with Gasteiger partial charge in [0.25, 0.3) is 0 Å². The number of aryl methyl sites for hydroxylation is 2. The smallest absolute Gasteiger partial charge is 0.193 e. The van der Waals surface area contributed by atoms with Crippen LogP contribution in [0.25, 0.3) is 0 Å². The van der Waals surface area contributed by atoms with Gasteiger partial charge in [0.1, 0.15) is 0 Å². The van der Waals surface area contributed by atoms with E-state index in [4.69, 9.17) is 5.73 Å². The van der Waals surface area contributed by atoms with Crippen molar-refractivity contribution in [1.82, 2.24) is 0 Å². The van der Waals surface area contributed by atoms with Gasteiger partial charge in [-0.25, -0.2) is 0 Å². The Morgan fingerprint density at radius 3 is 2.10 bits per heavy atom. The van der Waals surface area contributed by atoms with Gasteiger partial charge in [-0.1, -0.05) is 12.1 Å². The van der Waals surface area contributed by atoms with Crippen molar-refractivity contribution in [2.24, 2.45) is 0 Å². The molecule has 2 aromatic rings.